The number of aromatic amines is 1. The number of amides is 1. The lowest BCUT2D eigenvalue weighted by Gasteiger charge is -2.30. The van der Waals surface area contributed by atoms with Crippen molar-refractivity contribution in [1.82, 2.24) is 10.3 Å². The molecule has 2 heterocycles. The summed E-state index contributed by atoms with van der Waals surface area (Å²) in [6, 6.07) is 11.0. The van der Waals surface area contributed by atoms with E-state index in [0.29, 0.717) is 22.6 Å². The zero-order valence-electron chi connectivity index (χ0n) is 17.7. The monoisotopic (exact) mass is 456 g/mol. The van der Waals surface area contributed by atoms with Crippen molar-refractivity contribution in [1.29, 1.82) is 0 Å². The fraction of sp³-hybridized carbons (Fsp3) is 0.208. The summed E-state index contributed by atoms with van der Waals surface area (Å²) in [5.74, 6) is 0.187. The second kappa shape index (κ2) is 8.23. The van der Waals surface area contributed by atoms with Crippen LogP contribution in [0.2, 0.25) is 0 Å². The van der Waals surface area contributed by atoms with Gasteiger partial charge >= 0.3 is 6.18 Å². The van der Waals surface area contributed by atoms with Crippen molar-refractivity contribution >= 4 is 12.2 Å². The van der Waals surface area contributed by atoms with E-state index in [0.717, 1.165) is 17.2 Å². The molecule has 4 rings (SSSR count). The molecule has 33 heavy (non-hydrogen) atoms. The second-order valence-corrected chi connectivity index (χ2v) is 7.82. The maximum atomic E-state index is 13.3. The van der Waals surface area contributed by atoms with Gasteiger partial charge in [0.05, 0.1) is 6.04 Å². The minimum atomic E-state index is -4.87. The van der Waals surface area contributed by atoms with Gasteiger partial charge in [0.1, 0.15) is 29.0 Å². The van der Waals surface area contributed by atoms with Crippen LogP contribution >= 0.6 is 0 Å². The van der Waals surface area contributed by atoms with Gasteiger partial charge in [-0.1, -0.05) is 24.3 Å². The summed E-state index contributed by atoms with van der Waals surface area (Å²) >= 11 is 0. The SMILES string of the molecule is Cc1ccc2c(c1)Oc1cccc(C)c1C2NC(=O)c1cc(CC=O)c(C(F)(F)F)[nH]c1=O. The van der Waals surface area contributed by atoms with Gasteiger partial charge in [0.2, 0.25) is 0 Å². The number of nitrogens with one attached hydrogen (secondary N) is 2. The number of rotatable bonds is 4. The Balaban J connectivity index is 1.79. The minimum absolute atomic E-state index is 0.279. The first-order valence-electron chi connectivity index (χ1n) is 10.1. The summed E-state index contributed by atoms with van der Waals surface area (Å²) in [4.78, 5) is 38.1. The molecule has 1 aliphatic rings. The molecule has 6 nitrogen and oxygen atoms in total. The number of aromatic nitrogens is 1. The van der Waals surface area contributed by atoms with Crippen molar-refractivity contribution in [2.75, 3.05) is 0 Å². The van der Waals surface area contributed by atoms with Gasteiger partial charge < -0.3 is 19.8 Å². The molecule has 0 saturated heterocycles. The number of alkyl halides is 3. The highest BCUT2D eigenvalue weighted by Gasteiger charge is 2.36. The zero-order valence-corrected chi connectivity index (χ0v) is 17.7. The molecular weight excluding hydrogens is 437 g/mol. The summed E-state index contributed by atoms with van der Waals surface area (Å²) < 4.78 is 45.8. The fourth-order valence-corrected chi connectivity index (χ4v) is 3.96. The van der Waals surface area contributed by atoms with Gasteiger partial charge in [-0.25, -0.2) is 0 Å². The van der Waals surface area contributed by atoms with Gasteiger partial charge in [-0.3, -0.25) is 9.59 Å². The Kier molecular flexibility index (Phi) is 5.57. The first kappa shape index (κ1) is 22.3. The van der Waals surface area contributed by atoms with Gasteiger partial charge in [0, 0.05) is 17.5 Å². The number of aryl methyl sites for hydroxylation is 2. The molecule has 1 atom stereocenters. The molecule has 0 saturated carbocycles. The number of carbonyl (C=O) groups is 2. The van der Waals surface area contributed by atoms with Crippen LogP contribution in [0.1, 0.15) is 49.9 Å². The van der Waals surface area contributed by atoms with Crippen molar-refractivity contribution in [2.24, 2.45) is 0 Å². The van der Waals surface area contributed by atoms with E-state index in [1.165, 1.54) is 0 Å². The number of fused-ring (bicyclic) bond motifs is 2. The summed E-state index contributed by atoms with van der Waals surface area (Å²) in [6.45, 7) is 3.73. The van der Waals surface area contributed by atoms with Crippen molar-refractivity contribution < 1.29 is 27.5 Å². The number of carbonyl (C=O) groups excluding carboxylic acids is 2. The molecule has 1 unspecified atom stereocenters. The Hall–Kier alpha value is -3.88. The quantitative estimate of drug-likeness (QED) is 0.571. The number of pyridine rings is 1. The number of hydrogen-bond donors (Lipinski definition) is 2. The van der Waals surface area contributed by atoms with Crippen LogP contribution in [-0.2, 0) is 17.4 Å². The number of ether oxygens (including phenoxy) is 1. The lowest BCUT2D eigenvalue weighted by atomic mass is 9.90. The molecule has 2 N–H and O–H groups in total. The molecule has 170 valence electrons. The van der Waals surface area contributed by atoms with Crippen molar-refractivity contribution in [3.8, 4) is 11.5 Å². The van der Waals surface area contributed by atoms with E-state index in [1.807, 2.05) is 32.0 Å². The minimum Gasteiger partial charge on any atom is -0.457 e. The number of halogens is 3. The smallest absolute Gasteiger partial charge is 0.431 e. The maximum absolute atomic E-state index is 13.3. The van der Waals surface area contributed by atoms with Crippen LogP contribution in [0.25, 0.3) is 0 Å². The van der Waals surface area contributed by atoms with Crippen molar-refractivity contribution in [3.63, 3.8) is 0 Å². The topological polar surface area (TPSA) is 88.3 Å². The van der Waals surface area contributed by atoms with Gasteiger partial charge in [-0.15, -0.1) is 0 Å². The van der Waals surface area contributed by atoms with Crippen LogP contribution in [0.15, 0.2) is 47.3 Å². The normalized spacial score (nSPS) is 14.6. The molecule has 0 fully saturated rings. The van der Waals surface area contributed by atoms with Crippen LogP contribution < -0.4 is 15.6 Å². The van der Waals surface area contributed by atoms with Crippen LogP contribution in [0.4, 0.5) is 13.2 Å². The van der Waals surface area contributed by atoms with Gasteiger partial charge in [0.15, 0.2) is 0 Å². The molecule has 9 heteroatoms. The van der Waals surface area contributed by atoms with E-state index >= 15 is 0 Å². The summed E-state index contributed by atoms with van der Waals surface area (Å²) in [6.07, 6.45) is -5.20. The first-order chi connectivity index (χ1) is 15.6. The lowest BCUT2D eigenvalue weighted by Crippen LogP contribution is -2.36. The van der Waals surface area contributed by atoms with E-state index in [1.54, 1.807) is 23.2 Å². The Morgan fingerprint density at radius 2 is 1.91 bits per heavy atom. The Bertz CT molecular complexity index is 1330. The number of benzene rings is 2. The van der Waals surface area contributed by atoms with Crippen molar-refractivity contribution in [3.05, 3.63) is 91.9 Å². The molecule has 3 aromatic rings. The molecule has 0 spiro atoms. The predicted molar refractivity (Wildman–Crippen MR) is 114 cm³/mol. The van der Waals surface area contributed by atoms with E-state index in [2.05, 4.69) is 5.32 Å². The summed E-state index contributed by atoms with van der Waals surface area (Å²) in [5.41, 5.74) is -0.456. The second-order valence-electron chi connectivity index (χ2n) is 7.82. The van der Waals surface area contributed by atoms with E-state index in [4.69, 9.17) is 4.74 Å². The predicted octanol–water partition coefficient (Wildman–Crippen LogP) is 4.38. The largest absolute Gasteiger partial charge is 0.457 e. The maximum Gasteiger partial charge on any atom is 0.431 e. The van der Waals surface area contributed by atoms with E-state index in [9.17, 15) is 27.6 Å². The Morgan fingerprint density at radius 1 is 1.15 bits per heavy atom. The molecule has 1 aliphatic heterocycles. The third kappa shape index (κ3) is 4.13. The molecule has 0 bridgehead atoms. The molecule has 2 aromatic carbocycles. The number of aldehydes is 1. The first-order valence-corrected chi connectivity index (χ1v) is 10.1. The van der Waals surface area contributed by atoms with Crippen LogP contribution in [0.5, 0.6) is 11.5 Å². The zero-order chi connectivity index (χ0) is 23.9. The number of hydrogen-bond acceptors (Lipinski definition) is 4. The van der Waals surface area contributed by atoms with E-state index < -0.39 is 46.9 Å². The van der Waals surface area contributed by atoms with Gasteiger partial charge in [-0.2, -0.15) is 13.2 Å². The third-order valence-corrected chi connectivity index (χ3v) is 5.50. The molecule has 0 radical (unpaired) electrons. The fourth-order valence-electron chi connectivity index (χ4n) is 3.96. The van der Waals surface area contributed by atoms with Crippen molar-refractivity contribution in [2.45, 2.75) is 32.5 Å². The Morgan fingerprint density at radius 3 is 2.61 bits per heavy atom. The van der Waals surface area contributed by atoms with Gasteiger partial charge in [0.25, 0.3) is 11.5 Å². The van der Waals surface area contributed by atoms with Crippen LogP contribution in [0, 0.1) is 13.8 Å². The Labute approximate surface area is 186 Å². The van der Waals surface area contributed by atoms with Crippen LogP contribution in [0.3, 0.4) is 0 Å². The highest BCUT2D eigenvalue weighted by atomic mass is 19.4. The van der Waals surface area contributed by atoms with E-state index in [-0.39, 0.29) is 6.29 Å². The lowest BCUT2D eigenvalue weighted by molar-refractivity contribution is -0.142. The molecular formula is C24H19F3N2O4. The standard InChI is InChI=1S/C24H19F3N2O4/c1-12-6-7-15-18(10-12)33-17-5-3-4-13(2)19(17)20(15)28-22(31)16-11-14(8-9-30)21(24(25,26)27)29-23(16)32/h3-7,9-11,20H,8H2,1-2H3,(H,28,31)(H,29,32). The average molecular weight is 456 g/mol. The average Bonchev–Trinajstić information content (AvgIpc) is 2.73. The molecule has 0 aliphatic carbocycles. The highest BCUT2D eigenvalue weighted by Crippen LogP contribution is 2.44. The molecule has 1 aromatic heterocycles. The van der Waals surface area contributed by atoms with Crippen LogP contribution in [-0.4, -0.2) is 17.2 Å². The van der Waals surface area contributed by atoms with Gasteiger partial charge in [-0.05, 0) is 48.7 Å². The number of H-pyrrole nitrogens is 1. The summed E-state index contributed by atoms with van der Waals surface area (Å²) in [7, 11) is 0. The third-order valence-electron chi connectivity index (χ3n) is 5.50. The molecule has 1 amide bonds. The summed E-state index contributed by atoms with van der Waals surface area (Å²) in [5, 5.41) is 2.77. The highest BCUT2D eigenvalue weighted by molar-refractivity contribution is 5.95.